The number of benzene rings is 1. The van der Waals surface area contributed by atoms with Crippen LogP contribution in [0.3, 0.4) is 0 Å². The van der Waals surface area contributed by atoms with E-state index < -0.39 is 0 Å². The van der Waals surface area contributed by atoms with E-state index in [1.807, 2.05) is 13.1 Å². The zero-order chi connectivity index (χ0) is 14.4. The first kappa shape index (κ1) is 15.8. The van der Waals surface area contributed by atoms with Crippen LogP contribution in [0, 0.1) is 0 Å². The van der Waals surface area contributed by atoms with E-state index >= 15 is 0 Å². The molecule has 0 spiro atoms. The molecule has 1 N–H and O–H groups in total. The van der Waals surface area contributed by atoms with Gasteiger partial charge >= 0.3 is 0 Å². The van der Waals surface area contributed by atoms with E-state index in [4.69, 9.17) is 9.47 Å². The van der Waals surface area contributed by atoms with E-state index in [0.717, 1.165) is 43.0 Å². The first-order valence-electron chi connectivity index (χ1n) is 7.12. The van der Waals surface area contributed by atoms with Crippen molar-refractivity contribution in [2.45, 2.75) is 19.6 Å². The number of hydrogen-bond acceptors (Lipinski definition) is 4. The van der Waals surface area contributed by atoms with E-state index in [1.54, 1.807) is 0 Å². The fourth-order valence-electron chi connectivity index (χ4n) is 2.33. The molecule has 1 saturated heterocycles. The lowest BCUT2D eigenvalue weighted by molar-refractivity contribution is -0.0465. The highest BCUT2D eigenvalue weighted by atomic mass is 79.9. The van der Waals surface area contributed by atoms with Crippen LogP contribution in [0.25, 0.3) is 0 Å². The molecular formula is C15H23BrN2O2. The van der Waals surface area contributed by atoms with Crippen LogP contribution in [0.5, 0.6) is 5.75 Å². The number of nitrogens with one attached hydrogen (secondary N) is 1. The van der Waals surface area contributed by atoms with Crippen molar-refractivity contribution in [2.24, 2.45) is 0 Å². The molecular weight excluding hydrogens is 320 g/mol. The van der Waals surface area contributed by atoms with Gasteiger partial charge in [-0.3, -0.25) is 4.90 Å². The minimum absolute atomic E-state index is 0.160. The number of halogens is 1. The van der Waals surface area contributed by atoms with E-state index in [1.165, 1.54) is 5.56 Å². The molecule has 1 aromatic rings. The highest BCUT2D eigenvalue weighted by molar-refractivity contribution is 9.10. The van der Waals surface area contributed by atoms with Gasteiger partial charge in [-0.2, -0.15) is 0 Å². The average Bonchev–Trinajstić information content (AvgIpc) is 2.47. The van der Waals surface area contributed by atoms with Gasteiger partial charge in [-0.05, 0) is 47.2 Å². The Morgan fingerprint density at radius 1 is 1.50 bits per heavy atom. The quantitative estimate of drug-likeness (QED) is 0.859. The fraction of sp³-hybridized carbons (Fsp3) is 0.600. The minimum Gasteiger partial charge on any atom is -0.490 e. The van der Waals surface area contributed by atoms with Gasteiger partial charge in [0.2, 0.25) is 0 Å². The van der Waals surface area contributed by atoms with E-state index in [2.05, 4.69) is 45.2 Å². The molecule has 1 unspecified atom stereocenters. The van der Waals surface area contributed by atoms with E-state index in [9.17, 15) is 0 Å². The molecule has 1 fully saturated rings. The third-order valence-electron chi connectivity index (χ3n) is 3.47. The number of rotatable bonds is 6. The van der Waals surface area contributed by atoms with Crippen LogP contribution in [0.2, 0.25) is 0 Å². The Bertz CT molecular complexity index is 428. The van der Waals surface area contributed by atoms with Crippen LogP contribution in [-0.4, -0.2) is 50.9 Å². The minimum atomic E-state index is 0.160. The maximum absolute atomic E-state index is 5.88. The molecule has 5 heteroatoms. The molecule has 1 atom stereocenters. The van der Waals surface area contributed by atoms with Crippen LogP contribution < -0.4 is 10.1 Å². The van der Waals surface area contributed by atoms with Crippen LogP contribution in [0.15, 0.2) is 22.7 Å². The molecule has 1 aromatic carbocycles. The van der Waals surface area contributed by atoms with Crippen molar-refractivity contribution in [1.29, 1.82) is 0 Å². The Kier molecular flexibility index (Phi) is 6.29. The number of nitrogens with zero attached hydrogens (tertiary/aromatic N) is 1. The smallest absolute Gasteiger partial charge is 0.133 e. The molecule has 1 aliphatic heterocycles. The number of likely N-dealkylation sites (N-methyl/N-ethyl adjacent to an activating group) is 1. The SMILES string of the molecule is CCN1CCOC(COc2ccc(CNC)cc2Br)C1. The van der Waals surface area contributed by atoms with Gasteiger partial charge in [0, 0.05) is 19.6 Å². The summed E-state index contributed by atoms with van der Waals surface area (Å²) in [6, 6.07) is 6.18. The van der Waals surface area contributed by atoms with E-state index in [-0.39, 0.29) is 6.10 Å². The second-order valence-corrected chi connectivity index (χ2v) is 5.85. The molecule has 0 amide bonds. The molecule has 0 radical (unpaired) electrons. The summed E-state index contributed by atoms with van der Waals surface area (Å²) in [6.07, 6.45) is 0.160. The second kappa shape index (κ2) is 7.98. The van der Waals surface area contributed by atoms with Crippen molar-refractivity contribution >= 4 is 15.9 Å². The molecule has 1 aliphatic rings. The van der Waals surface area contributed by atoms with Gasteiger partial charge in [0.05, 0.1) is 11.1 Å². The Morgan fingerprint density at radius 3 is 3.05 bits per heavy atom. The molecule has 20 heavy (non-hydrogen) atoms. The van der Waals surface area contributed by atoms with Crippen LogP contribution in [0.4, 0.5) is 0 Å². The highest BCUT2D eigenvalue weighted by Crippen LogP contribution is 2.26. The lowest BCUT2D eigenvalue weighted by Gasteiger charge is -2.31. The predicted molar refractivity (Wildman–Crippen MR) is 84.3 cm³/mol. The summed E-state index contributed by atoms with van der Waals surface area (Å²) in [5.74, 6) is 0.877. The molecule has 0 aliphatic carbocycles. The lowest BCUT2D eigenvalue weighted by atomic mass is 10.2. The third-order valence-corrected chi connectivity index (χ3v) is 4.09. The maximum atomic E-state index is 5.88. The molecule has 0 bridgehead atoms. The summed E-state index contributed by atoms with van der Waals surface area (Å²) in [6.45, 7) is 7.48. The van der Waals surface area contributed by atoms with Gasteiger partial charge in [0.1, 0.15) is 18.5 Å². The summed E-state index contributed by atoms with van der Waals surface area (Å²) in [4.78, 5) is 2.39. The van der Waals surface area contributed by atoms with Crippen molar-refractivity contribution in [2.75, 3.05) is 39.9 Å². The Hall–Kier alpha value is -0.620. The first-order chi connectivity index (χ1) is 9.72. The van der Waals surface area contributed by atoms with Gasteiger partial charge in [0.15, 0.2) is 0 Å². The maximum Gasteiger partial charge on any atom is 0.133 e. The van der Waals surface area contributed by atoms with Crippen LogP contribution >= 0.6 is 15.9 Å². The van der Waals surface area contributed by atoms with Gasteiger partial charge < -0.3 is 14.8 Å². The number of morpholine rings is 1. The molecule has 2 rings (SSSR count). The predicted octanol–water partition coefficient (Wildman–Crippen LogP) is 2.27. The fourth-order valence-corrected chi connectivity index (χ4v) is 2.87. The summed E-state index contributed by atoms with van der Waals surface area (Å²) in [5.41, 5.74) is 1.23. The summed E-state index contributed by atoms with van der Waals surface area (Å²) in [7, 11) is 1.94. The summed E-state index contributed by atoms with van der Waals surface area (Å²) in [5, 5.41) is 3.14. The van der Waals surface area contributed by atoms with Crippen molar-refractivity contribution in [3.05, 3.63) is 28.2 Å². The number of ether oxygens (including phenoxy) is 2. The second-order valence-electron chi connectivity index (χ2n) is 4.99. The zero-order valence-electron chi connectivity index (χ0n) is 12.2. The van der Waals surface area contributed by atoms with Crippen molar-refractivity contribution in [3.8, 4) is 5.75 Å². The Labute approximate surface area is 129 Å². The molecule has 1 heterocycles. The summed E-state index contributed by atoms with van der Waals surface area (Å²) < 4.78 is 12.6. The topological polar surface area (TPSA) is 33.7 Å². The molecule has 0 saturated carbocycles. The van der Waals surface area contributed by atoms with Gasteiger partial charge in [-0.15, -0.1) is 0 Å². The van der Waals surface area contributed by atoms with Gasteiger partial charge in [0.25, 0.3) is 0 Å². The zero-order valence-corrected chi connectivity index (χ0v) is 13.8. The normalized spacial score (nSPS) is 20.1. The first-order valence-corrected chi connectivity index (χ1v) is 7.92. The van der Waals surface area contributed by atoms with Crippen molar-refractivity contribution < 1.29 is 9.47 Å². The summed E-state index contributed by atoms with van der Waals surface area (Å²) >= 11 is 3.56. The highest BCUT2D eigenvalue weighted by Gasteiger charge is 2.20. The van der Waals surface area contributed by atoms with Gasteiger partial charge in [-0.1, -0.05) is 13.0 Å². The molecule has 4 nitrogen and oxygen atoms in total. The third kappa shape index (κ3) is 4.45. The largest absolute Gasteiger partial charge is 0.490 e. The monoisotopic (exact) mass is 342 g/mol. The van der Waals surface area contributed by atoms with Crippen molar-refractivity contribution in [3.63, 3.8) is 0 Å². The number of hydrogen-bond donors (Lipinski definition) is 1. The molecule has 0 aromatic heterocycles. The van der Waals surface area contributed by atoms with Gasteiger partial charge in [-0.25, -0.2) is 0 Å². The van der Waals surface area contributed by atoms with Crippen LogP contribution in [0.1, 0.15) is 12.5 Å². The van der Waals surface area contributed by atoms with E-state index in [0.29, 0.717) is 6.61 Å². The average molecular weight is 343 g/mol. The Balaban J connectivity index is 1.87. The lowest BCUT2D eigenvalue weighted by Crippen LogP contribution is -2.44. The van der Waals surface area contributed by atoms with Crippen LogP contribution in [-0.2, 0) is 11.3 Å². The standard InChI is InChI=1S/C15H23BrN2O2/c1-3-18-6-7-19-13(10-18)11-20-15-5-4-12(9-17-2)8-14(15)16/h4-5,8,13,17H,3,6-7,9-11H2,1-2H3. The molecule has 112 valence electrons. The Morgan fingerprint density at radius 2 is 2.35 bits per heavy atom. The van der Waals surface area contributed by atoms with Crippen molar-refractivity contribution in [1.82, 2.24) is 10.2 Å².